The van der Waals surface area contributed by atoms with Gasteiger partial charge in [-0.3, -0.25) is 0 Å². The first-order valence-corrected chi connectivity index (χ1v) is 5.80. The number of hydrogen-bond donors (Lipinski definition) is 1. The molecule has 17 heavy (non-hydrogen) atoms. The molecule has 0 bridgehead atoms. The van der Waals surface area contributed by atoms with Gasteiger partial charge in [-0.25, -0.2) is 0 Å². The summed E-state index contributed by atoms with van der Waals surface area (Å²) in [6.45, 7) is 0. The fraction of sp³-hybridized carbons (Fsp3) is 0.308. The van der Waals surface area contributed by atoms with Crippen molar-refractivity contribution < 1.29 is 9.26 Å². The molecule has 2 aromatic rings. The van der Waals surface area contributed by atoms with Gasteiger partial charge in [0.25, 0.3) is 0 Å². The van der Waals surface area contributed by atoms with Crippen LogP contribution in [0.5, 0.6) is 5.75 Å². The lowest BCUT2D eigenvalue weighted by Crippen LogP contribution is -2.24. The zero-order valence-corrected chi connectivity index (χ0v) is 9.43. The van der Waals surface area contributed by atoms with E-state index in [-0.39, 0.29) is 0 Å². The third-order valence-corrected chi connectivity index (χ3v) is 3.02. The highest BCUT2D eigenvalue weighted by atomic mass is 16.5. The third-order valence-electron chi connectivity index (χ3n) is 3.02. The van der Waals surface area contributed by atoms with Crippen LogP contribution in [0.25, 0.3) is 11.3 Å². The Labute approximate surface area is 99.4 Å². The lowest BCUT2D eigenvalue weighted by molar-refractivity contribution is 0.120. The minimum absolute atomic E-state index is 0.398. The second-order valence-corrected chi connectivity index (χ2v) is 4.31. The molecular formula is C13H14N2O2. The number of nitrogen functional groups attached to an aromatic ring is 1. The lowest BCUT2D eigenvalue weighted by atomic mass is 9.96. The van der Waals surface area contributed by atoms with Gasteiger partial charge >= 0.3 is 0 Å². The zero-order chi connectivity index (χ0) is 11.7. The molecule has 1 aromatic heterocycles. The molecule has 0 aliphatic heterocycles. The molecule has 1 saturated carbocycles. The van der Waals surface area contributed by atoms with Crippen LogP contribution in [0.4, 0.5) is 5.82 Å². The predicted octanol–water partition coefficient (Wildman–Crippen LogP) is 2.86. The average molecular weight is 230 g/mol. The van der Waals surface area contributed by atoms with Gasteiger partial charge in [-0.1, -0.05) is 5.16 Å². The van der Waals surface area contributed by atoms with Crippen LogP contribution in [0.3, 0.4) is 0 Å². The summed E-state index contributed by atoms with van der Waals surface area (Å²) in [5.74, 6) is 1.98. The Morgan fingerprint density at radius 3 is 2.53 bits per heavy atom. The van der Waals surface area contributed by atoms with E-state index in [4.69, 9.17) is 15.0 Å². The first-order valence-electron chi connectivity index (χ1n) is 5.80. The maximum Gasteiger partial charge on any atom is 0.169 e. The molecule has 1 fully saturated rings. The molecule has 0 saturated heterocycles. The van der Waals surface area contributed by atoms with Crippen molar-refractivity contribution >= 4 is 5.82 Å². The molecule has 4 heteroatoms. The summed E-state index contributed by atoms with van der Waals surface area (Å²) in [6, 6.07) is 9.52. The number of aromatic nitrogens is 1. The molecule has 0 spiro atoms. The summed E-state index contributed by atoms with van der Waals surface area (Å²) in [7, 11) is 0. The summed E-state index contributed by atoms with van der Waals surface area (Å²) < 4.78 is 10.9. The molecular weight excluding hydrogens is 216 g/mol. The smallest absolute Gasteiger partial charge is 0.169 e. The van der Waals surface area contributed by atoms with E-state index in [9.17, 15) is 0 Å². The van der Waals surface area contributed by atoms with E-state index in [0.717, 1.165) is 11.3 Å². The quantitative estimate of drug-likeness (QED) is 0.880. The second kappa shape index (κ2) is 4.13. The molecule has 1 aliphatic carbocycles. The van der Waals surface area contributed by atoms with E-state index in [1.807, 2.05) is 24.3 Å². The van der Waals surface area contributed by atoms with E-state index >= 15 is 0 Å². The molecule has 1 heterocycles. The predicted molar refractivity (Wildman–Crippen MR) is 64.6 cm³/mol. The highest BCUT2D eigenvalue weighted by molar-refractivity contribution is 5.60. The van der Waals surface area contributed by atoms with Crippen LogP contribution in [-0.4, -0.2) is 11.3 Å². The number of anilines is 1. The topological polar surface area (TPSA) is 61.3 Å². The Hall–Kier alpha value is -1.97. The molecule has 3 rings (SSSR count). The summed E-state index contributed by atoms with van der Waals surface area (Å²) >= 11 is 0. The Kier molecular flexibility index (Phi) is 2.48. The minimum atomic E-state index is 0.398. The summed E-state index contributed by atoms with van der Waals surface area (Å²) in [6.07, 6.45) is 4.02. The van der Waals surface area contributed by atoms with Crippen LogP contribution in [0, 0.1) is 0 Å². The first kappa shape index (κ1) is 10.2. The fourth-order valence-electron chi connectivity index (χ4n) is 1.80. The van der Waals surface area contributed by atoms with Crippen molar-refractivity contribution in [2.45, 2.75) is 25.4 Å². The molecule has 0 radical (unpaired) electrons. The molecule has 88 valence electrons. The van der Waals surface area contributed by atoms with E-state index in [2.05, 4.69) is 5.16 Å². The van der Waals surface area contributed by atoms with Crippen molar-refractivity contribution in [1.29, 1.82) is 0 Å². The van der Waals surface area contributed by atoms with Crippen molar-refractivity contribution in [2.75, 3.05) is 5.73 Å². The zero-order valence-electron chi connectivity index (χ0n) is 9.43. The van der Waals surface area contributed by atoms with Crippen LogP contribution in [0.15, 0.2) is 34.9 Å². The third kappa shape index (κ3) is 2.11. The maximum atomic E-state index is 5.78. The Balaban J connectivity index is 1.75. The Morgan fingerprint density at radius 1 is 1.24 bits per heavy atom. The van der Waals surface area contributed by atoms with E-state index < -0.39 is 0 Å². The summed E-state index contributed by atoms with van der Waals surface area (Å²) in [5, 5.41) is 3.66. The SMILES string of the molecule is Nc1cc(-c2ccc(OC3CCC3)cc2)on1. The molecule has 2 N–H and O–H groups in total. The molecule has 4 nitrogen and oxygen atoms in total. The summed E-state index contributed by atoms with van der Waals surface area (Å²) in [4.78, 5) is 0. The molecule has 0 unspecified atom stereocenters. The van der Waals surface area contributed by atoms with Crippen molar-refractivity contribution in [2.24, 2.45) is 0 Å². The number of ether oxygens (including phenoxy) is 1. The van der Waals surface area contributed by atoms with Gasteiger partial charge in [-0.15, -0.1) is 0 Å². The highest BCUT2D eigenvalue weighted by Crippen LogP contribution is 2.27. The standard InChI is InChI=1S/C13H14N2O2/c14-13-8-12(17-15-13)9-4-6-11(7-5-9)16-10-2-1-3-10/h4-8,10H,1-3H2,(H2,14,15). The molecule has 1 aromatic carbocycles. The van der Waals surface area contributed by atoms with Gasteiger partial charge in [0.05, 0.1) is 6.10 Å². The van der Waals surface area contributed by atoms with Gasteiger partial charge in [-0.05, 0) is 43.5 Å². The van der Waals surface area contributed by atoms with Gasteiger partial charge in [0, 0.05) is 11.6 Å². The van der Waals surface area contributed by atoms with Gasteiger partial charge < -0.3 is 15.0 Å². The van der Waals surface area contributed by atoms with Crippen molar-refractivity contribution in [1.82, 2.24) is 5.16 Å². The van der Waals surface area contributed by atoms with Crippen LogP contribution < -0.4 is 10.5 Å². The van der Waals surface area contributed by atoms with Gasteiger partial charge in [0.15, 0.2) is 11.6 Å². The lowest BCUT2D eigenvalue weighted by Gasteiger charge is -2.26. The minimum Gasteiger partial charge on any atom is -0.490 e. The fourth-order valence-corrected chi connectivity index (χ4v) is 1.80. The average Bonchev–Trinajstić information content (AvgIpc) is 2.71. The number of hydrogen-bond acceptors (Lipinski definition) is 4. The van der Waals surface area contributed by atoms with Crippen LogP contribution >= 0.6 is 0 Å². The molecule has 0 atom stereocenters. The van der Waals surface area contributed by atoms with Crippen molar-refractivity contribution in [3.8, 4) is 17.1 Å². The van der Waals surface area contributed by atoms with E-state index in [1.54, 1.807) is 6.07 Å². The summed E-state index contributed by atoms with van der Waals surface area (Å²) in [5.41, 5.74) is 6.46. The van der Waals surface area contributed by atoms with E-state index in [0.29, 0.717) is 17.7 Å². The number of nitrogens with zero attached hydrogens (tertiary/aromatic N) is 1. The van der Waals surface area contributed by atoms with Crippen LogP contribution in [0.2, 0.25) is 0 Å². The Bertz CT molecular complexity index is 500. The normalized spacial score (nSPS) is 15.5. The number of rotatable bonds is 3. The van der Waals surface area contributed by atoms with Crippen molar-refractivity contribution in [3.05, 3.63) is 30.3 Å². The Morgan fingerprint density at radius 2 is 2.00 bits per heavy atom. The van der Waals surface area contributed by atoms with Gasteiger partial charge in [-0.2, -0.15) is 0 Å². The van der Waals surface area contributed by atoms with Crippen molar-refractivity contribution in [3.63, 3.8) is 0 Å². The number of benzene rings is 1. The molecule has 1 aliphatic rings. The molecule has 0 amide bonds. The highest BCUT2D eigenvalue weighted by Gasteiger charge is 2.18. The largest absolute Gasteiger partial charge is 0.490 e. The van der Waals surface area contributed by atoms with Gasteiger partial charge in [0.1, 0.15) is 5.75 Å². The second-order valence-electron chi connectivity index (χ2n) is 4.31. The monoisotopic (exact) mass is 230 g/mol. The van der Waals surface area contributed by atoms with Crippen LogP contribution in [0.1, 0.15) is 19.3 Å². The van der Waals surface area contributed by atoms with Crippen LogP contribution in [-0.2, 0) is 0 Å². The van der Waals surface area contributed by atoms with Gasteiger partial charge in [0.2, 0.25) is 0 Å². The number of nitrogens with two attached hydrogens (primary N) is 1. The van der Waals surface area contributed by atoms with E-state index in [1.165, 1.54) is 19.3 Å². The first-order chi connectivity index (χ1) is 8.31. The maximum absolute atomic E-state index is 5.78.